The summed E-state index contributed by atoms with van der Waals surface area (Å²) in [6.45, 7) is 5.92. The van der Waals surface area contributed by atoms with E-state index in [0.29, 0.717) is 12.8 Å². The number of ether oxygens (including phenoxy) is 1. The second kappa shape index (κ2) is 19.0. The molecule has 1 unspecified atom stereocenters. The van der Waals surface area contributed by atoms with Crippen molar-refractivity contribution in [2.24, 2.45) is 5.92 Å². The number of carbonyl (C=O) groups excluding carboxylic acids is 3. The quantitative estimate of drug-likeness (QED) is 0.131. The Morgan fingerprint density at radius 3 is 2.10 bits per heavy atom. The Kier molecular flexibility index (Phi) is 14.3. The van der Waals surface area contributed by atoms with E-state index in [-0.39, 0.29) is 25.5 Å². The number of aliphatic hydroxyl groups is 1. The Labute approximate surface area is 294 Å². The van der Waals surface area contributed by atoms with Crippen LogP contribution in [0.25, 0.3) is 0 Å². The van der Waals surface area contributed by atoms with Gasteiger partial charge >= 0.3 is 12.1 Å². The summed E-state index contributed by atoms with van der Waals surface area (Å²) >= 11 is 0. The van der Waals surface area contributed by atoms with Crippen molar-refractivity contribution >= 4 is 18.0 Å². The van der Waals surface area contributed by atoms with Gasteiger partial charge in [0.25, 0.3) is 0 Å². The van der Waals surface area contributed by atoms with Gasteiger partial charge in [0.1, 0.15) is 12.6 Å². The number of aromatic nitrogens is 2. The number of pyridine rings is 2. The van der Waals surface area contributed by atoms with Gasteiger partial charge in [0.2, 0.25) is 5.91 Å². The molecule has 0 saturated carbocycles. The summed E-state index contributed by atoms with van der Waals surface area (Å²) in [5, 5.41) is 20.6. The average molecular weight is 681 g/mol. The first-order chi connectivity index (χ1) is 24.1. The van der Waals surface area contributed by atoms with Crippen LogP contribution in [-0.2, 0) is 35.5 Å². The summed E-state index contributed by atoms with van der Waals surface area (Å²) in [4.78, 5) is 50.0. The van der Waals surface area contributed by atoms with Gasteiger partial charge in [0.15, 0.2) is 0 Å². The molecule has 11 nitrogen and oxygen atoms in total. The maximum Gasteiger partial charge on any atom is 0.407 e. The Morgan fingerprint density at radius 1 is 0.820 bits per heavy atom. The molecule has 0 aliphatic rings. The van der Waals surface area contributed by atoms with Gasteiger partial charge in [-0.05, 0) is 61.4 Å². The van der Waals surface area contributed by atoms with Crippen molar-refractivity contribution < 1.29 is 24.2 Å². The van der Waals surface area contributed by atoms with E-state index in [1.54, 1.807) is 25.5 Å². The molecule has 50 heavy (non-hydrogen) atoms. The number of aryl methyl sites for hydroxylation is 1. The standard InChI is InChI=1S/C39H48N6O5/c1-27(2)36(44-38(48)45(4)25-32-19-11-13-28(3)41-32)37(47)43-34(22-30-16-9-6-10-17-30)35(46)23-33(21-29-14-7-5-8-15-29)42-39(49)50-26-31-18-12-20-40-24-31/h5-20,24,27,33-36,46H,21-23,25-26H2,1-4H3,(H,42,49)(H,43,47)(H,44,48)/t33-,34-,35-,36?/m0/s1. The number of hydrogen-bond donors (Lipinski definition) is 4. The molecular formula is C39H48N6O5. The largest absolute Gasteiger partial charge is 0.445 e. The van der Waals surface area contributed by atoms with Gasteiger partial charge in [-0.1, -0.05) is 86.6 Å². The van der Waals surface area contributed by atoms with Crippen molar-refractivity contribution in [3.63, 3.8) is 0 Å². The van der Waals surface area contributed by atoms with Gasteiger partial charge in [0, 0.05) is 36.7 Å². The highest BCUT2D eigenvalue weighted by Crippen LogP contribution is 2.16. The smallest absolute Gasteiger partial charge is 0.407 e. The minimum atomic E-state index is -1.06. The number of amides is 4. The van der Waals surface area contributed by atoms with Gasteiger partial charge < -0.3 is 30.7 Å². The van der Waals surface area contributed by atoms with Crippen LogP contribution in [0, 0.1) is 12.8 Å². The fourth-order valence-corrected chi connectivity index (χ4v) is 5.59. The predicted octanol–water partition coefficient (Wildman–Crippen LogP) is 4.97. The van der Waals surface area contributed by atoms with Crippen LogP contribution in [-0.4, -0.2) is 69.3 Å². The number of benzene rings is 2. The van der Waals surface area contributed by atoms with Crippen LogP contribution in [0.1, 0.15) is 48.3 Å². The second-order valence-corrected chi connectivity index (χ2v) is 12.9. The van der Waals surface area contributed by atoms with E-state index in [1.165, 1.54) is 4.90 Å². The third kappa shape index (κ3) is 12.3. The summed E-state index contributed by atoms with van der Waals surface area (Å²) in [7, 11) is 1.65. The van der Waals surface area contributed by atoms with Crippen molar-refractivity contribution in [3.05, 3.63) is 131 Å². The molecule has 4 amide bonds. The Bertz CT molecular complexity index is 1640. The third-order valence-electron chi connectivity index (χ3n) is 8.28. The molecule has 0 spiro atoms. The van der Waals surface area contributed by atoms with Crippen LogP contribution in [0.4, 0.5) is 9.59 Å². The van der Waals surface area contributed by atoms with Crippen molar-refractivity contribution in [2.75, 3.05) is 7.05 Å². The van der Waals surface area contributed by atoms with Crippen LogP contribution >= 0.6 is 0 Å². The molecule has 11 heteroatoms. The monoisotopic (exact) mass is 680 g/mol. The van der Waals surface area contributed by atoms with Gasteiger partial charge in [-0.25, -0.2) is 9.59 Å². The first-order valence-corrected chi connectivity index (χ1v) is 16.9. The summed E-state index contributed by atoms with van der Waals surface area (Å²) < 4.78 is 5.47. The summed E-state index contributed by atoms with van der Waals surface area (Å²) in [6.07, 6.45) is 2.46. The fraction of sp³-hybridized carbons (Fsp3) is 0.359. The molecule has 2 aromatic heterocycles. The van der Waals surface area contributed by atoms with E-state index in [1.807, 2.05) is 106 Å². The Balaban J connectivity index is 1.48. The van der Waals surface area contributed by atoms with Crippen LogP contribution in [0.3, 0.4) is 0 Å². The van der Waals surface area contributed by atoms with Crippen LogP contribution < -0.4 is 16.0 Å². The van der Waals surface area contributed by atoms with Gasteiger partial charge in [-0.2, -0.15) is 0 Å². The number of nitrogens with one attached hydrogen (secondary N) is 3. The maximum absolute atomic E-state index is 13.9. The van der Waals surface area contributed by atoms with Gasteiger partial charge in [-0.3, -0.25) is 14.8 Å². The molecule has 4 rings (SSSR count). The Hall–Kier alpha value is -5.29. The minimum Gasteiger partial charge on any atom is -0.445 e. The molecule has 0 aliphatic carbocycles. The van der Waals surface area contributed by atoms with Gasteiger partial charge in [-0.15, -0.1) is 0 Å². The molecule has 2 aromatic carbocycles. The number of aliphatic hydroxyl groups excluding tert-OH is 1. The molecule has 0 aliphatic heterocycles. The maximum atomic E-state index is 13.9. The van der Waals surface area contributed by atoms with Crippen molar-refractivity contribution in [1.29, 1.82) is 0 Å². The van der Waals surface area contributed by atoms with E-state index < -0.39 is 42.3 Å². The van der Waals surface area contributed by atoms with Gasteiger partial charge in [0.05, 0.1) is 24.4 Å². The van der Waals surface area contributed by atoms with Crippen LogP contribution in [0.15, 0.2) is 103 Å². The molecule has 4 atom stereocenters. The fourth-order valence-electron chi connectivity index (χ4n) is 5.59. The number of alkyl carbamates (subject to hydrolysis) is 1. The first kappa shape index (κ1) is 37.5. The average Bonchev–Trinajstić information content (AvgIpc) is 3.10. The number of nitrogens with zero attached hydrogens (tertiary/aromatic N) is 3. The number of rotatable bonds is 16. The van der Waals surface area contributed by atoms with Crippen LogP contribution in [0.2, 0.25) is 0 Å². The molecule has 4 aromatic rings. The van der Waals surface area contributed by atoms with E-state index in [0.717, 1.165) is 28.1 Å². The van der Waals surface area contributed by atoms with Crippen LogP contribution in [0.5, 0.6) is 0 Å². The first-order valence-electron chi connectivity index (χ1n) is 16.9. The highest BCUT2D eigenvalue weighted by Gasteiger charge is 2.31. The normalized spacial score (nSPS) is 13.4. The van der Waals surface area contributed by atoms with E-state index in [9.17, 15) is 19.5 Å². The lowest BCUT2D eigenvalue weighted by Gasteiger charge is -2.31. The van der Waals surface area contributed by atoms with E-state index in [4.69, 9.17) is 4.74 Å². The molecule has 0 bridgehead atoms. The van der Waals surface area contributed by atoms with Crippen molar-refractivity contribution in [1.82, 2.24) is 30.8 Å². The lowest BCUT2D eigenvalue weighted by molar-refractivity contribution is -0.125. The topological polar surface area (TPSA) is 146 Å². The molecular weight excluding hydrogens is 632 g/mol. The lowest BCUT2D eigenvalue weighted by Crippen LogP contribution is -2.57. The summed E-state index contributed by atoms with van der Waals surface area (Å²) in [5.41, 5.74) is 4.21. The lowest BCUT2D eigenvalue weighted by atomic mass is 9.93. The summed E-state index contributed by atoms with van der Waals surface area (Å²) in [6, 6.07) is 25.9. The molecule has 4 N–H and O–H groups in total. The number of carbonyl (C=O) groups is 3. The molecule has 0 fully saturated rings. The summed E-state index contributed by atoms with van der Waals surface area (Å²) in [5.74, 6) is -0.667. The van der Waals surface area contributed by atoms with E-state index >= 15 is 0 Å². The zero-order valence-corrected chi connectivity index (χ0v) is 29.2. The minimum absolute atomic E-state index is 0.0476. The highest BCUT2D eigenvalue weighted by atomic mass is 16.5. The third-order valence-corrected chi connectivity index (χ3v) is 8.28. The molecule has 264 valence electrons. The van der Waals surface area contributed by atoms with Crippen molar-refractivity contribution in [2.45, 2.75) is 77.4 Å². The molecule has 0 saturated heterocycles. The molecule has 2 heterocycles. The number of urea groups is 1. The zero-order valence-electron chi connectivity index (χ0n) is 29.2. The SMILES string of the molecule is Cc1cccc(CN(C)C(=O)NC(C(=O)N[C@@H](Cc2ccccc2)[C@@H](O)C[C@H](Cc2ccccc2)NC(=O)OCc2cccnc2)C(C)C)n1. The Morgan fingerprint density at radius 2 is 1.48 bits per heavy atom. The molecule has 0 radical (unpaired) electrons. The highest BCUT2D eigenvalue weighted by molar-refractivity contribution is 5.87. The zero-order chi connectivity index (χ0) is 35.9. The second-order valence-electron chi connectivity index (χ2n) is 12.9. The number of hydrogen-bond acceptors (Lipinski definition) is 7. The predicted molar refractivity (Wildman–Crippen MR) is 192 cm³/mol. The van der Waals surface area contributed by atoms with E-state index in [2.05, 4.69) is 25.9 Å². The van der Waals surface area contributed by atoms with Crippen molar-refractivity contribution in [3.8, 4) is 0 Å².